The summed E-state index contributed by atoms with van der Waals surface area (Å²) in [6.45, 7) is 6.12. The largest absolute Gasteiger partial charge is 0.480 e. The van der Waals surface area contributed by atoms with E-state index in [0.717, 1.165) is 11.3 Å². The third-order valence-electron chi connectivity index (χ3n) is 4.15. The van der Waals surface area contributed by atoms with Crippen molar-refractivity contribution in [1.29, 1.82) is 0 Å². The number of anilines is 1. The molecule has 7 heteroatoms. The van der Waals surface area contributed by atoms with E-state index in [9.17, 15) is 4.79 Å². The van der Waals surface area contributed by atoms with Gasteiger partial charge in [0.1, 0.15) is 18.4 Å². The maximum absolute atomic E-state index is 12.8. The molecule has 27 heavy (non-hydrogen) atoms. The summed E-state index contributed by atoms with van der Waals surface area (Å²) in [5.74, 6) is 1.31. The van der Waals surface area contributed by atoms with Gasteiger partial charge in [-0.3, -0.25) is 4.79 Å². The van der Waals surface area contributed by atoms with Crippen molar-refractivity contribution in [2.75, 3.05) is 5.32 Å². The predicted molar refractivity (Wildman–Crippen MR) is 103 cm³/mol. The van der Waals surface area contributed by atoms with Crippen molar-refractivity contribution in [3.63, 3.8) is 0 Å². The Labute approximate surface area is 158 Å². The number of hydrogen-bond donors (Lipinski definition) is 1. The Morgan fingerprint density at radius 1 is 1.22 bits per heavy atom. The fourth-order valence-corrected chi connectivity index (χ4v) is 2.75. The standard InChI is InChI=1S/C20H23N5O2/c1-4-17(27-18-10-6-5-8-15(18)14(2)3)20(26)24-16-9-7-11-22-19(16)25-13-21-12-23-25/h5-14,17H,4H2,1-3H3,(H,24,26)/t17-/m1/s1. The first kappa shape index (κ1) is 18.6. The topological polar surface area (TPSA) is 81.9 Å². The molecule has 1 N–H and O–H groups in total. The van der Waals surface area contributed by atoms with Crippen molar-refractivity contribution >= 4 is 11.6 Å². The van der Waals surface area contributed by atoms with Crippen molar-refractivity contribution in [2.45, 2.75) is 39.2 Å². The van der Waals surface area contributed by atoms with E-state index in [1.54, 1.807) is 18.3 Å². The zero-order valence-corrected chi connectivity index (χ0v) is 15.7. The SMILES string of the molecule is CC[C@@H](Oc1ccccc1C(C)C)C(=O)Nc1cccnc1-n1cncn1. The lowest BCUT2D eigenvalue weighted by atomic mass is 10.0. The summed E-state index contributed by atoms with van der Waals surface area (Å²) in [5.41, 5.74) is 1.63. The number of benzene rings is 1. The minimum Gasteiger partial charge on any atom is -0.480 e. The molecule has 0 fully saturated rings. The van der Waals surface area contributed by atoms with Crippen LogP contribution in [0.3, 0.4) is 0 Å². The summed E-state index contributed by atoms with van der Waals surface area (Å²) in [6, 6.07) is 11.3. The number of carbonyl (C=O) groups excluding carboxylic acids is 1. The maximum atomic E-state index is 12.8. The highest BCUT2D eigenvalue weighted by atomic mass is 16.5. The van der Waals surface area contributed by atoms with E-state index in [0.29, 0.717) is 23.8 Å². The van der Waals surface area contributed by atoms with Crippen molar-refractivity contribution in [3.8, 4) is 11.6 Å². The summed E-state index contributed by atoms with van der Waals surface area (Å²) in [5, 5.41) is 6.98. The fraction of sp³-hybridized carbons (Fsp3) is 0.300. The first-order chi connectivity index (χ1) is 13.1. The van der Waals surface area contributed by atoms with Crippen LogP contribution in [0.2, 0.25) is 0 Å². The van der Waals surface area contributed by atoms with Crippen LogP contribution < -0.4 is 10.1 Å². The zero-order valence-electron chi connectivity index (χ0n) is 15.7. The number of amides is 1. The van der Waals surface area contributed by atoms with Crippen LogP contribution in [0, 0.1) is 0 Å². The molecule has 3 aromatic rings. The molecule has 1 atom stereocenters. The smallest absolute Gasteiger partial charge is 0.265 e. The van der Waals surface area contributed by atoms with E-state index in [-0.39, 0.29) is 5.91 Å². The summed E-state index contributed by atoms with van der Waals surface area (Å²) in [6.07, 6.45) is 4.51. The molecule has 140 valence electrons. The second kappa shape index (κ2) is 8.44. The zero-order chi connectivity index (χ0) is 19.2. The highest BCUT2D eigenvalue weighted by molar-refractivity contribution is 5.95. The monoisotopic (exact) mass is 365 g/mol. The molecule has 0 saturated carbocycles. The van der Waals surface area contributed by atoms with Gasteiger partial charge in [0.05, 0.1) is 5.69 Å². The first-order valence-electron chi connectivity index (χ1n) is 8.96. The molecular formula is C20H23N5O2. The Morgan fingerprint density at radius 3 is 2.74 bits per heavy atom. The van der Waals surface area contributed by atoms with E-state index in [2.05, 4.69) is 34.2 Å². The number of carbonyl (C=O) groups is 1. The number of aromatic nitrogens is 4. The van der Waals surface area contributed by atoms with Crippen LogP contribution in [0.5, 0.6) is 5.75 Å². The molecule has 0 bridgehead atoms. The molecule has 0 saturated heterocycles. The molecule has 0 unspecified atom stereocenters. The number of ether oxygens (including phenoxy) is 1. The number of nitrogens with one attached hydrogen (secondary N) is 1. The van der Waals surface area contributed by atoms with Crippen molar-refractivity contribution < 1.29 is 9.53 Å². The number of rotatable bonds is 7. The third kappa shape index (κ3) is 4.31. The highest BCUT2D eigenvalue weighted by Gasteiger charge is 2.22. The lowest BCUT2D eigenvalue weighted by Crippen LogP contribution is -2.33. The molecule has 2 heterocycles. The predicted octanol–water partition coefficient (Wildman–Crippen LogP) is 3.58. The minimum atomic E-state index is -0.617. The van der Waals surface area contributed by atoms with E-state index >= 15 is 0 Å². The number of para-hydroxylation sites is 1. The third-order valence-corrected chi connectivity index (χ3v) is 4.15. The van der Waals surface area contributed by atoms with Gasteiger partial charge in [0.2, 0.25) is 0 Å². The van der Waals surface area contributed by atoms with Gasteiger partial charge in [-0.2, -0.15) is 5.10 Å². The van der Waals surface area contributed by atoms with Crippen molar-refractivity contribution in [3.05, 3.63) is 60.8 Å². The minimum absolute atomic E-state index is 0.231. The number of hydrogen-bond acceptors (Lipinski definition) is 5. The van der Waals surface area contributed by atoms with Gasteiger partial charge in [0, 0.05) is 6.20 Å². The van der Waals surface area contributed by atoms with Crippen LogP contribution in [0.15, 0.2) is 55.2 Å². The molecule has 1 amide bonds. The van der Waals surface area contributed by atoms with Gasteiger partial charge in [-0.05, 0) is 36.1 Å². The average molecular weight is 365 g/mol. The summed E-state index contributed by atoms with van der Waals surface area (Å²) in [4.78, 5) is 21.1. The van der Waals surface area contributed by atoms with Gasteiger partial charge in [0.25, 0.3) is 5.91 Å². The van der Waals surface area contributed by atoms with Gasteiger partial charge >= 0.3 is 0 Å². The van der Waals surface area contributed by atoms with E-state index in [1.165, 1.54) is 17.3 Å². The molecule has 0 aliphatic carbocycles. The second-order valence-electron chi connectivity index (χ2n) is 6.41. The molecular weight excluding hydrogens is 342 g/mol. The van der Waals surface area contributed by atoms with E-state index in [4.69, 9.17) is 4.74 Å². The molecule has 0 aliphatic heterocycles. The Morgan fingerprint density at radius 2 is 2.04 bits per heavy atom. The van der Waals surface area contributed by atoms with Gasteiger partial charge < -0.3 is 10.1 Å². The summed E-state index contributed by atoms with van der Waals surface area (Å²) >= 11 is 0. The first-order valence-corrected chi connectivity index (χ1v) is 8.96. The molecule has 2 aromatic heterocycles. The van der Waals surface area contributed by atoms with Gasteiger partial charge in [0.15, 0.2) is 11.9 Å². The molecule has 1 aromatic carbocycles. The van der Waals surface area contributed by atoms with Gasteiger partial charge in [-0.15, -0.1) is 0 Å². The lowest BCUT2D eigenvalue weighted by Gasteiger charge is -2.21. The molecule has 0 spiro atoms. The molecule has 3 rings (SSSR count). The van der Waals surface area contributed by atoms with Crippen molar-refractivity contribution in [1.82, 2.24) is 19.7 Å². The van der Waals surface area contributed by atoms with Gasteiger partial charge in [-0.1, -0.05) is 39.0 Å². The Hall–Kier alpha value is -3.22. The fourth-order valence-electron chi connectivity index (χ4n) is 2.75. The van der Waals surface area contributed by atoms with Crippen molar-refractivity contribution in [2.24, 2.45) is 0 Å². The highest BCUT2D eigenvalue weighted by Crippen LogP contribution is 2.27. The number of pyridine rings is 1. The van der Waals surface area contributed by atoms with E-state index in [1.807, 2.05) is 31.2 Å². The maximum Gasteiger partial charge on any atom is 0.265 e. The van der Waals surface area contributed by atoms with Crippen LogP contribution >= 0.6 is 0 Å². The lowest BCUT2D eigenvalue weighted by molar-refractivity contribution is -0.122. The Kier molecular flexibility index (Phi) is 5.80. The van der Waals surface area contributed by atoms with Crippen LogP contribution in [0.25, 0.3) is 5.82 Å². The Bertz CT molecular complexity index is 893. The van der Waals surface area contributed by atoms with Gasteiger partial charge in [-0.25, -0.2) is 14.6 Å². The van der Waals surface area contributed by atoms with Crippen LogP contribution in [0.4, 0.5) is 5.69 Å². The molecule has 0 aliphatic rings. The molecule has 7 nitrogen and oxygen atoms in total. The normalized spacial score (nSPS) is 12.0. The van der Waals surface area contributed by atoms with Crippen LogP contribution in [-0.4, -0.2) is 31.8 Å². The molecule has 0 radical (unpaired) electrons. The number of nitrogens with zero attached hydrogens (tertiary/aromatic N) is 4. The quantitative estimate of drug-likeness (QED) is 0.692. The second-order valence-corrected chi connectivity index (χ2v) is 6.41. The average Bonchev–Trinajstić information content (AvgIpc) is 3.21. The summed E-state index contributed by atoms with van der Waals surface area (Å²) < 4.78 is 7.56. The Balaban J connectivity index is 1.80. The summed E-state index contributed by atoms with van der Waals surface area (Å²) in [7, 11) is 0. The van der Waals surface area contributed by atoms with E-state index < -0.39 is 6.10 Å². The van der Waals surface area contributed by atoms with Crippen LogP contribution in [-0.2, 0) is 4.79 Å². The van der Waals surface area contributed by atoms with Crippen LogP contribution in [0.1, 0.15) is 38.7 Å².